The predicted molar refractivity (Wildman–Crippen MR) is 79.2 cm³/mol. The monoisotopic (exact) mass is 314 g/mol. The topological polar surface area (TPSA) is 128 Å². The summed E-state index contributed by atoms with van der Waals surface area (Å²) in [6, 6.07) is 1.53. The maximum atomic E-state index is 11.6. The Morgan fingerprint density at radius 1 is 1.57 bits per heavy atom. The van der Waals surface area contributed by atoms with Crippen molar-refractivity contribution in [2.75, 3.05) is 11.9 Å². The number of hydrogen-bond acceptors (Lipinski definition) is 6. The van der Waals surface area contributed by atoms with Crippen molar-refractivity contribution in [1.82, 2.24) is 0 Å². The summed E-state index contributed by atoms with van der Waals surface area (Å²) in [7, 11) is 0. The van der Waals surface area contributed by atoms with Gasteiger partial charge in [0.15, 0.2) is 0 Å². The van der Waals surface area contributed by atoms with Crippen LogP contribution in [0.2, 0.25) is 0 Å². The van der Waals surface area contributed by atoms with Gasteiger partial charge in [-0.15, -0.1) is 11.3 Å². The molecular formula is C12H18N4O4S. The van der Waals surface area contributed by atoms with Crippen LogP contribution in [0, 0.1) is 0 Å². The number of carbonyl (C=O) groups excluding carboxylic acids is 1. The van der Waals surface area contributed by atoms with Crippen molar-refractivity contribution >= 4 is 22.4 Å². The van der Waals surface area contributed by atoms with Gasteiger partial charge >= 0.3 is 6.09 Å². The average Bonchev–Trinajstić information content (AvgIpc) is 2.80. The van der Waals surface area contributed by atoms with Gasteiger partial charge in [0.2, 0.25) is 0 Å². The van der Waals surface area contributed by atoms with Gasteiger partial charge in [0.05, 0.1) is 17.6 Å². The normalized spacial score (nSPS) is 14.0. The molecule has 0 spiro atoms. The van der Waals surface area contributed by atoms with E-state index in [-0.39, 0.29) is 6.54 Å². The fourth-order valence-electron chi connectivity index (χ4n) is 1.42. The Hall–Kier alpha value is -1.80. The molecule has 1 aromatic heterocycles. The number of amides is 1. The van der Waals surface area contributed by atoms with Gasteiger partial charge in [0.1, 0.15) is 11.7 Å². The molecule has 0 saturated carbocycles. The van der Waals surface area contributed by atoms with Crippen molar-refractivity contribution in [2.24, 2.45) is 5.11 Å². The Kier molecular flexibility index (Phi) is 5.98. The summed E-state index contributed by atoms with van der Waals surface area (Å²) >= 11 is 1.19. The molecule has 0 aromatic carbocycles. The lowest BCUT2D eigenvalue weighted by molar-refractivity contribution is 0.0247. The fourth-order valence-corrected chi connectivity index (χ4v) is 2.23. The molecule has 0 aliphatic rings. The molecule has 0 bridgehead atoms. The standard InChI is InChI=1S/C12H18N4O4S/c1-12(2,3)20-11(19)15-9-4-7(6-21-9)10(18)8(17)5-14-16-13/h4,6,8,10,17-18H,5H2,1-3H3,(H,15,19). The molecular weight excluding hydrogens is 296 g/mol. The molecule has 0 aliphatic carbocycles. The van der Waals surface area contributed by atoms with Crippen molar-refractivity contribution in [3.63, 3.8) is 0 Å². The molecule has 1 amide bonds. The van der Waals surface area contributed by atoms with Gasteiger partial charge in [0.25, 0.3) is 0 Å². The van der Waals surface area contributed by atoms with E-state index in [1.165, 1.54) is 17.4 Å². The third-order valence-corrected chi connectivity index (χ3v) is 3.15. The average molecular weight is 314 g/mol. The number of rotatable bonds is 5. The first-order chi connectivity index (χ1) is 9.73. The summed E-state index contributed by atoms with van der Waals surface area (Å²) < 4.78 is 5.10. The molecule has 1 rings (SSSR count). The van der Waals surface area contributed by atoms with Gasteiger partial charge in [-0.3, -0.25) is 5.32 Å². The summed E-state index contributed by atoms with van der Waals surface area (Å²) in [5, 5.41) is 27.3. The van der Waals surface area contributed by atoms with Crippen LogP contribution < -0.4 is 5.32 Å². The van der Waals surface area contributed by atoms with Gasteiger partial charge < -0.3 is 14.9 Å². The van der Waals surface area contributed by atoms with Crippen molar-refractivity contribution in [2.45, 2.75) is 38.6 Å². The quantitative estimate of drug-likeness (QED) is 0.438. The highest BCUT2D eigenvalue weighted by Crippen LogP contribution is 2.27. The Morgan fingerprint density at radius 2 is 2.24 bits per heavy atom. The second-order valence-electron chi connectivity index (χ2n) is 5.30. The van der Waals surface area contributed by atoms with E-state index in [1.54, 1.807) is 26.2 Å². The summed E-state index contributed by atoms with van der Waals surface area (Å²) in [6.07, 6.45) is -2.99. The molecule has 1 heterocycles. The zero-order valence-electron chi connectivity index (χ0n) is 12.0. The molecule has 0 aliphatic heterocycles. The minimum Gasteiger partial charge on any atom is -0.444 e. The van der Waals surface area contributed by atoms with Gasteiger partial charge in [-0.05, 0) is 43.3 Å². The Labute approximate surface area is 126 Å². The summed E-state index contributed by atoms with van der Waals surface area (Å²) in [4.78, 5) is 14.1. The molecule has 1 aromatic rings. The van der Waals surface area contributed by atoms with E-state index in [1.807, 2.05) is 0 Å². The van der Waals surface area contributed by atoms with Gasteiger partial charge in [-0.1, -0.05) is 5.11 Å². The zero-order valence-corrected chi connectivity index (χ0v) is 12.8. The fraction of sp³-hybridized carbons (Fsp3) is 0.583. The van der Waals surface area contributed by atoms with E-state index in [2.05, 4.69) is 15.3 Å². The third kappa shape index (κ3) is 6.01. The molecule has 8 nitrogen and oxygen atoms in total. The maximum absolute atomic E-state index is 11.6. The smallest absolute Gasteiger partial charge is 0.412 e. The van der Waals surface area contributed by atoms with Gasteiger partial charge in [-0.25, -0.2) is 4.79 Å². The number of nitrogens with zero attached hydrogens (tertiary/aromatic N) is 3. The van der Waals surface area contributed by atoms with Crippen molar-refractivity contribution in [3.8, 4) is 0 Å². The van der Waals surface area contributed by atoms with Crippen molar-refractivity contribution in [3.05, 3.63) is 27.5 Å². The van der Waals surface area contributed by atoms with E-state index >= 15 is 0 Å². The molecule has 0 saturated heterocycles. The van der Waals surface area contributed by atoms with E-state index in [9.17, 15) is 15.0 Å². The minimum atomic E-state index is -1.20. The molecule has 9 heteroatoms. The van der Waals surface area contributed by atoms with E-state index in [0.717, 1.165) is 0 Å². The third-order valence-electron chi connectivity index (χ3n) is 2.28. The molecule has 2 atom stereocenters. The van der Waals surface area contributed by atoms with Crippen LogP contribution in [0.1, 0.15) is 32.4 Å². The molecule has 0 fully saturated rings. The molecule has 0 radical (unpaired) electrons. The number of nitrogens with one attached hydrogen (secondary N) is 1. The van der Waals surface area contributed by atoms with E-state index in [0.29, 0.717) is 10.6 Å². The number of carbonyl (C=O) groups is 1. The number of anilines is 1. The van der Waals surface area contributed by atoms with Crippen LogP contribution >= 0.6 is 11.3 Å². The van der Waals surface area contributed by atoms with Crippen LogP contribution in [-0.4, -0.2) is 34.6 Å². The Balaban J connectivity index is 2.64. The Bertz CT molecular complexity index is 534. The van der Waals surface area contributed by atoms with Crippen LogP contribution in [0.3, 0.4) is 0 Å². The number of thiophene rings is 1. The van der Waals surface area contributed by atoms with Crippen LogP contribution in [-0.2, 0) is 4.74 Å². The molecule has 116 valence electrons. The van der Waals surface area contributed by atoms with Gasteiger partial charge in [-0.2, -0.15) is 0 Å². The number of hydrogen-bond donors (Lipinski definition) is 3. The lowest BCUT2D eigenvalue weighted by Crippen LogP contribution is -2.27. The van der Waals surface area contributed by atoms with Crippen molar-refractivity contribution < 1.29 is 19.7 Å². The predicted octanol–water partition coefficient (Wildman–Crippen LogP) is 2.80. The highest BCUT2D eigenvalue weighted by molar-refractivity contribution is 7.14. The number of azide groups is 1. The SMILES string of the molecule is CC(C)(C)OC(=O)Nc1cc(C(O)C(O)CN=[N+]=[N-])cs1. The first kappa shape index (κ1) is 17.3. The highest BCUT2D eigenvalue weighted by Gasteiger charge is 2.20. The maximum Gasteiger partial charge on any atom is 0.412 e. The van der Waals surface area contributed by atoms with Crippen LogP contribution in [0.25, 0.3) is 10.4 Å². The minimum absolute atomic E-state index is 0.234. The largest absolute Gasteiger partial charge is 0.444 e. The summed E-state index contributed by atoms with van der Waals surface area (Å²) in [5.74, 6) is 0. The number of aliphatic hydroxyl groups is 2. The zero-order chi connectivity index (χ0) is 16.0. The van der Waals surface area contributed by atoms with Crippen molar-refractivity contribution in [1.29, 1.82) is 0 Å². The summed E-state index contributed by atoms with van der Waals surface area (Å²) in [5.41, 5.74) is 7.99. The number of aliphatic hydroxyl groups excluding tert-OH is 2. The Morgan fingerprint density at radius 3 is 2.81 bits per heavy atom. The van der Waals surface area contributed by atoms with E-state index < -0.39 is 23.9 Å². The van der Waals surface area contributed by atoms with Crippen LogP contribution in [0.5, 0.6) is 0 Å². The first-order valence-electron chi connectivity index (χ1n) is 6.18. The van der Waals surface area contributed by atoms with Crippen LogP contribution in [0.15, 0.2) is 16.6 Å². The van der Waals surface area contributed by atoms with Crippen LogP contribution in [0.4, 0.5) is 9.80 Å². The lowest BCUT2D eigenvalue weighted by Gasteiger charge is -2.19. The summed E-state index contributed by atoms with van der Waals surface area (Å²) in [6.45, 7) is 5.02. The lowest BCUT2D eigenvalue weighted by atomic mass is 10.1. The van der Waals surface area contributed by atoms with Gasteiger partial charge in [0, 0.05) is 4.91 Å². The van der Waals surface area contributed by atoms with E-state index in [4.69, 9.17) is 10.3 Å². The first-order valence-corrected chi connectivity index (χ1v) is 7.06. The number of ether oxygens (including phenoxy) is 1. The highest BCUT2D eigenvalue weighted by atomic mass is 32.1. The molecule has 2 unspecified atom stereocenters. The second kappa shape index (κ2) is 7.28. The molecule has 21 heavy (non-hydrogen) atoms. The second-order valence-corrected chi connectivity index (χ2v) is 6.21. The molecule has 3 N–H and O–H groups in total.